The lowest BCUT2D eigenvalue weighted by molar-refractivity contribution is 0.0256. The van der Waals surface area contributed by atoms with Crippen molar-refractivity contribution in [2.75, 3.05) is 13.2 Å². The molecule has 0 aliphatic heterocycles. The molecular formula is C17H21NO3. The first-order valence-electron chi connectivity index (χ1n) is 7.13. The summed E-state index contributed by atoms with van der Waals surface area (Å²) in [5.74, 6) is -0.413. The van der Waals surface area contributed by atoms with Crippen molar-refractivity contribution in [3.05, 3.63) is 48.0 Å². The second-order valence-corrected chi connectivity index (χ2v) is 5.38. The van der Waals surface area contributed by atoms with Gasteiger partial charge in [0.1, 0.15) is 12.7 Å². The molecule has 1 atom stereocenters. The van der Waals surface area contributed by atoms with Crippen LogP contribution in [-0.4, -0.2) is 36.4 Å². The summed E-state index contributed by atoms with van der Waals surface area (Å²) in [4.78, 5) is 12.0. The molecule has 21 heavy (non-hydrogen) atoms. The lowest BCUT2D eigenvalue weighted by Gasteiger charge is -2.14. The van der Waals surface area contributed by atoms with Gasteiger partial charge in [0, 0.05) is 12.6 Å². The van der Waals surface area contributed by atoms with Crippen LogP contribution in [0, 0.1) is 0 Å². The molecular weight excluding hydrogens is 266 g/mol. The van der Waals surface area contributed by atoms with E-state index in [0.717, 1.165) is 10.8 Å². The number of aliphatic hydroxyl groups excluding tert-OH is 1. The fourth-order valence-electron chi connectivity index (χ4n) is 2.00. The van der Waals surface area contributed by atoms with Crippen LogP contribution in [0.4, 0.5) is 0 Å². The molecule has 0 radical (unpaired) electrons. The van der Waals surface area contributed by atoms with Crippen molar-refractivity contribution in [2.45, 2.75) is 26.0 Å². The maximum atomic E-state index is 12.0. The first-order chi connectivity index (χ1) is 10.1. The van der Waals surface area contributed by atoms with Crippen molar-refractivity contribution in [3.8, 4) is 0 Å². The van der Waals surface area contributed by atoms with Gasteiger partial charge >= 0.3 is 5.97 Å². The van der Waals surface area contributed by atoms with Crippen LogP contribution in [0.2, 0.25) is 0 Å². The molecule has 2 aromatic rings. The zero-order chi connectivity index (χ0) is 15.2. The van der Waals surface area contributed by atoms with Crippen LogP contribution < -0.4 is 5.32 Å². The standard InChI is InChI=1S/C17H21NO3/c1-12(2)18-10-16(19)11-21-17(20)15-8-7-13-5-3-4-6-14(13)9-15/h3-9,12,16,18-19H,10-11H2,1-2H3/t16-/m1/s1. The van der Waals surface area contributed by atoms with Crippen LogP contribution in [0.15, 0.2) is 42.5 Å². The van der Waals surface area contributed by atoms with E-state index in [4.69, 9.17) is 4.74 Å². The number of ether oxygens (including phenoxy) is 1. The molecule has 112 valence electrons. The summed E-state index contributed by atoms with van der Waals surface area (Å²) in [6.45, 7) is 4.38. The molecule has 0 unspecified atom stereocenters. The quantitative estimate of drug-likeness (QED) is 0.801. The smallest absolute Gasteiger partial charge is 0.338 e. The summed E-state index contributed by atoms with van der Waals surface area (Å²) in [7, 11) is 0. The molecule has 0 amide bonds. The predicted molar refractivity (Wildman–Crippen MR) is 83.4 cm³/mol. The van der Waals surface area contributed by atoms with Crippen LogP contribution in [0.1, 0.15) is 24.2 Å². The van der Waals surface area contributed by atoms with Gasteiger partial charge in [0.25, 0.3) is 0 Å². The minimum atomic E-state index is -0.697. The molecule has 4 nitrogen and oxygen atoms in total. The third-order valence-electron chi connectivity index (χ3n) is 3.15. The average molecular weight is 287 g/mol. The minimum Gasteiger partial charge on any atom is -0.459 e. The Bertz CT molecular complexity index is 610. The Morgan fingerprint density at radius 1 is 1.19 bits per heavy atom. The normalized spacial score (nSPS) is 12.6. The SMILES string of the molecule is CC(C)NC[C@@H](O)COC(=O)c1ccc2ccccc2c1. The highest BCUT2D eigenvalue weighted by Gasteiger charge is 2.11. The van der Waals surface area contributed by atoms with E-state index in [1.54, 1.807) is 12.1 Å². The average Bonchev–Trinajstić information content (AvgIpc) is 2.50. The molecule has 2 N–H and O–H groups in total. The van der Waals surface area contributed by atoms with Crippen molar-refractivity contribution in [3.63, 3.8) is 0 Å². The number of carbonyl (C=O) groups is 1. The fraction of sp³-hybridized carbons (Fsp3) is 0.353. The number of rotatable bonds is 6. The highest BCUT2D eigenvalue weighted by Crippen LogP contribution is 2.16. The van der Waals surface area contributed by atoms with E-state index in [2.05, 4.69) is 5.32 Å². The summed E-state index contributed by atoms with van der Waals surface area (Å²) in [5.41, 5.74) is 0.498. The molecule has 0 aliphatic carbocycles. The molecule has 4 heteroatoms. The van der Waals surface area contributed by atoms with Gasteiger partial charge in [0.2, 0.25) is 0 Å². The van der Waals surface area contributed by atoms with E-state index in [1.807, 2.05) is 44.2 Å². The zero-order valence-corrected chi connectivity index (χ0v) is 12.4. The van der Waals surface area contributed by atoms with Crippen molar-refractivity contribution >= 4 is 16.7 Å². The number of benzene rings is 2. The number of esters is 1. The Morgan fingerprint density at radius 2 is 1.90 bits per heavy atom. The van der Waals surface area contributed by atoms with E-state index >= 15 is 0 Å². The van der Waals surface area contributed by atoms with E-state index in [1.165, 1.54) is 0 Å². The van der Waals surface area contributed by atoms with Crippen molar-refractivity contribution < 1.29 is 14.6 Å². The summed E-state index contributed by atoms with van der Waals surface area (Å²) < 4.78 is 5.14. The predicted octanol–water partition coefficient (Wildman–Crippen LogP) is 2.36. The van der Waals surface area contributed by atoms with Crippen LogP contribution in [-0.2, 0) is 4.74 Å². The summed E-state index contributed by atoms with van der Waals surface area (Å²) in [6.07, 6.45) is -0.697. The van der Waals surface area contributed by atoms with Crippen LogP contribution in [0.3, 0.4) is 0 Å². The van der Waals surface area contributed by atoms with Crippen molar-refractivity contribution in [2.24, 2.45) is 0 Å². The van der Waals surface area contributed by atoms with Gasteiger partial charge in [-0.05, 0) is 22.9 Å². The van der Waals surface area contributed by atoms with E-state index in [9.17, 15) is 9.90 Å². The van der Waals surface area contributed by atoms with Crippen LogP contribution in [0.5, 0.6) is 0 Å². The molecule has 0 bridgehead atoms. The molecule has 0 saturated carbocycles. The Labute approximate surface area is 124 Å². The van der Waals surface area contributed by atoms with Gasteiger partial charge in [-0.1, -0.05) is 44.2 Å². The van der Waals surface area contributed by atoms with E-state index in [0.29, 0.717) is 12.1 Å². The number of aliphatic hydroxyl groups is 1. The maximum absolute atomic E-state index is 12.0. The topological polar surface area (TPSA) is 58.6 Å². The highest BCUT2D eigenvalue weighted by molar-refractivity contribution is 5.95. The van der Waals surface area contributed by atoms with Gasteiger partial charge in [0.05, 0.1) is 5.56 Å². The summed E-state index contributed by atoms with van der Waals surface area (Å²) in [6, 6.07) is 13.6. The zero-order valence-electron chi connectivity index (χ0n) is 12.4. The van der Waals surface area contributed by atoms with Gasteiger partial charge in [-0.3, -0.25) is 0 Å². The molecule has 0 heterocycles. The molecule has 0 aromatic heterocycles. The molecule has 0 saturated heterocycles. The fourth-order valence-corrected chi connectivity index (χ4v) is 2.00. The van der Waals surface area contributed by atoms with Gasteiger partial charge in [-0.15, -0.1) is 0 Å². The molecule has 0 aliphatic rings. The number of fused-ring (bicyclic) bond motifs is 1. The first-order valence-corrected chi connectivity index (χ1v) is 7.13. The monoisotopic (exact) mass is 287 g/mol. The van der Waals surface area contributed by atoms with Crippen LogP contribution in [0.25, 0.3) is 10.8 Å². The van der Waals surface area contributed by atoms with Crippen LogP contribution >= 0.6 is 0 Å². The highest BCUT2D eigenvalue weighted by atomic mass is 16.5. The van der Waals surface area contributed by atoms with Crippen molar-refractivity contribution in [1.29, 1.82) is 0 Å². The third-order valence-corrected chi connectivity index (χ3v) is 3.15. The van der Waals surface area contributed by atoms with Gasteiger partial charge in [0.15, 0.2) is 0 Å². The Morgan fingerprint density at radius 3 is 2.62 bits per heavy atom. The maximum Gasteiger partial charge on any atom is 0.338 e. The second-order valence-electron chi connectivity index (χ2n) is 5.38. The van der Waals surface area contributed by atoms with Gasteiger partial charge in [-0.2, -0.15) is 0 Å². The number of hydrogen-bond acceptors (Lipinski definition) is 4. The third kappa shape index (κ3) is 4.55. The van der Waals surface area contributed by atoms with E-state index < -0.39 is 12.1 Å². The number of hydrogen-bond donors (Lipinski definition) is 2. The molecule has 0 spiro atoms. The first kappa shape index (κ1) is 15.5. The molecule has 2 aromatic carbocycles. The largest absolute Gasteiger partial charge is 0.459 e. The Hall–Kier alpha value is -1.91. The summed E-state index contributed by atoms with van der Waals surface area (Å²) >= 11 is 0. The second kappa shape index (κ2) is 7.20. The lowest BCUT2D eigenvalue weighted by atomic mass is 10.1. The Kier molecular flexibility index (Phi) is 5.31. The molecule has 0 fully saturated rings. The summed E-state index contributed by atoms with van der Waals surface area (Å²) in [5, 5.41) is 14.9. The molecule has 2 rings (SSSR count). The van der Waals surface area contributed by atoms with E-state index in [-0.39, 0.29) is 12.6 Å². The number of nitrogens with one attached hydrogen (secondary N) is 1. The number of carbonyl (C=O) groups excluding carboxylic acids is 1. The minimum absolute atomic E-state index is 0.00855. The Balaban J connectivity index is 1.92. The van der Waals surface area contributed by atoms with Gasteiger partial charge < -0.3 is 15.2 Å². The lowest BCUT2D eigenvalue weighted by Crippen LogP contribution is -2.35. The van der Waals surface area contributed by atoms with Crippen molar-refractivity contribution in [1.82, 2.24) is 5.32 Å². The van der Waals surface area contributed by atoms with Gasteiger partial charge in [-0.25, -0.2) is 4.79 Å².